The van der Waals surface area contributed by atoms with Gasteiger partial charge >= 0.3 is 0 Å². The van der Waals surface area contributed by atoms with Crippen molar-refractivity contribution in [3.05, 3.63) is 35.9 Å². The van der Waals surface area contributed by atoms with Crippen LogP contribution in [-0.2, 0) is 0 Å². The Labute approximate surface area is 118 Å². The number of rotatable bonds is 6. The third-order valence-corrected chi connectivity index (χ3v) is 4.59. The van der Waals surface area contributed by atoms with Gasteiger partial charge < -0.3 is 5.32 Å². The summed E-state index contributed by atoms with van der Waals surface area (Å²) in [6.45, 7) is 4.60. The summed E-state index contributed by atoms with van der Waals surface area (Å²) in [5.41, 5.74) is 1.45. The van der Waals surface area contributed by atoms with Crippen molar-refractivity contribution in [2.24, 2.45) is 5.92 Å². The van der Waals surface area contributed by atoms with Crippen LogP contribution in [0.2, 0.25) is 0 Å². The molecule has 0 heterocycles. The van der Waals surface area contributed by atoms with Crippen LogP contribution >= 0.6 is 0 Å². The molecular weight excluding hydrogens is 230 g/mol. The van der Waals surface area contributed by atoms with Gasteiger partial charge in [-0.1, -0.05) is 57.0 Å². The van der Waals surface area contributed by atoms with Gasteiger partial charge in [0.05, 0.1) is 0 Å². The van der Waals surface area contributed by atoms with E-state index in [2.05, 4.69) is 49.5 Å². The van der Waals surface area contributed by atoms with Gasteiger partial charge in [-0.25, -0.2) is 0 Å². The second kappa shape index (κ2) is 7.69. The molecule has 0 radical (unpaired) electrons. The lowest BCUT2D eigenvalue weighted by atomic mass is 9.83. The average molecular weight is 259 g/mol. The Bertz CT molecular complexity index is 338. The van der Waals surface area contributed by atoms with E-state index in [1.807, 2.05) is 0 Å². The Hall–Kier alpha value is -0.820. The van der Waals surface area contributed by atoms with E-state index >= 15 is 0 Å². The predicted molar refractivity (Wildman–Crippen MR) is 83.3 cm³/mol. The highest BCUT2D eigenvalue weighted by Gasteiger charge is 2.22. The van der Waals surface area contributed by atoms with Crippen molar-refractivity contribution in [2.45, 2.75) is 70.9 Å². The topological polar surface area (TPSA) is 12.0 Å². The second-order valence-electron chi connectivity index (χ2n) is 6.04. The van der Waals surface area contributed by atoms with Crippen molar-refractivity contribution in [1.82, 2.24) is 5.32 Å². The maximum absolute atomic E-state index is 3.88. The van der Waals surface area contributed by atoms with E-state index < -0.39 is 0 Å². The first-order valence-electron chi connectivity index (χ1n) is 8.14. The minimum absolute atomic E-state index is 0.536. The first-order chi connectivity index (χ1) is 9.33. The van der Waals surface area contributed by atoms with Gasteiger partial charge in [-0.3, -0.25) is 0 Å². The third kappa shape index (κ3) is 4.35. The molecule has 1 fully saturated rings. The molecule has 1 heteroatoms. The van der Waals surface area contributed by atoms with Gasteiger partial charge in [0.2, 0.25) is 0 Å². The molecule has 1 aliphatic carbocycles. The van der Waals surface area contributed by atoms with Crippen LogP contribution in [0.3, 0.4) is 0 Å². The second-order valence-corrected chi connectivity index (χ2v) is 6.04. The van der Waals surface area contributed by atoms with E-state index in [9.17, 15) is 0 Å². The van der Waals surface area contributed by atoms with Crippen LogP contribution < -0.4 is 5.32 Å². The highest BCUT2D eigenvalue weighted by atomic mass is 14.9. The van der Waals surface area contributed by atoms with E-state index in [1.165, 1.54) is 50.5 Å². The molecule has 19 heavy (non-hydrogen) atoms. The summed E-state index contributed by atoms with van der Waals surface area (Å²) in [4.78, 5) is 0. The molecule has 0 amide bonds. The summed E-state index contributed by atoms with van der Waals surface area (Å²) in [5.74, 6) is 1.000. The van der Waals surface area contributed by atoms with E-state index in [0.717, 1.165) is 12.0 Å². The fraction of sp³-hybridized carbons (Fsp3) is 0.667. The zero-order chi connectivity index (χ0) is 13.5. The first kappa shape index (κ1) is 14.6. The molecule has 1 aliphatic rings. The van der Waals surface area contributed by atoms with Gasteiger partial charge in [0, 0.05) is 12.1 Å². The smallest absolute Gasteiger partial charge is 0.0320 e. The van der Waals surface area contributed by atoms with Crippen LogP contribution in [0.4, 0.5) is 0 Å². The molecule has 0 spiro atoms. The summed E-state index contributed by atoms with van der Waals surface area (Å²) >= 11 is 0. The first-order valence-corrected chi connectivity index (χ1v) is 8.14. The molecule has 1 unspecified atom stereocenters. The molecule has 1 aromatic rings. The fourth-order valence-corrected chi connectivity index (χ4v) is 3.45. The average Bonchev–Trinajstić information content (AvgIpc) is 2.48. The summed E-state index contributed by atoms with van der Waals surface area (Å²) in [7, 11) is 0. The standard InChI is InChI=1S/C18H29N/c1-3-8-15-11-13-17(14-12-15)19-18(4-2)16-9-6-5-7-10-16/h5-7,9-10,15,17-19H,3-4,8,11-14H2,1-2H3. The zero-order valence-corrected chi connectivity index (χ0v) is 12.6. The molecule has 0 aromatic heterocycles. The highest BCUT2D eigenvalue weighted by molar-refractivity contribution is 5.18. The quantitative estimate of drug-likeness (QED) is 0.750. The maximum atomic E-state index is 3.88. The molecule has 1 saturated carbocycles. The van der Waals surface area contributed by atoms with E-state index in [1.54, 1.807) is 0 Å². The van der Waals surface area contributed by atoms with Gasteiger partial charge in [-0.2, -0.15) is 0 Å². The predicted octanol–water partition coefficient (Wildman–Crippen LogP) is 5.09. The Kier molecular flexibility index (Phi) is 5.91. The molecule has 0 bridgehead atoms. The Morgan fingerprint density at radius 2 is 1.74 bits per heavy atom. The van der Waals surface area contributed by atoms with Gasteiger partial charge in [0.25, 0.3) is 0 Å². The van der Waals surface area contributed by atoms with Crippen molar-refractivity contribution in [2.75, 3.05) is 0 Å². The monoisotopic (exact) mass is 259 g/mol. The number of hydrogen-bond acceptors (Lipinski definition) is 1. The van der Waals surface area contributed by atoms with E-state index in [-0.39, 0.29) is 0 Å². The van der Waals surface area contributed by atoms with Crippen LogP contribution in [0.5, 0.6) is 0 Å². The lowest BCUT2D eigenvalue weighted by Crippen LogP contribution is -2.35. The molecule has 1 nitrogen and oxygen atoms in total. The fourth-order valence-electron chi connectivity index (χ4n) is 3.45. The number of benzene rings is 1. The molecular formula is C18H29N. The molecule has 0 saturated heterocycles. The number of nitrogens with one attached hydrogen (secondary N) is 1. The Balaban J connectivity index is 1.84. The van der Waals surface area contributed by atoms with Crippen LogP contribution in [0.1, 0.15) is 70.4 Å². The van der Waals surface area contributed by atoms with E-state index in [4.69, 9.17) is 0 Å². The van der Waals surface area contributed by atoms with Gasteiger partial charge in [-0.15, -0.1) is 0 Å². The minimum Gasteiger partial charge on any atom is -0.307 e. The molecule has 2 rings (SSSR count). The normalized spacial score (nSPS) is 25.2. The van der Waals surface area contributed by atoms with E-state index in [0.29, 0.717) is 6.04 Å². The van der Waals surface area contributed by atoms with Crippen LogP contribution in [0, 0.1) is 5.92 Å². The van der Waals surface area contributed by atoms with Gasteiger partial charge in [0.15, 0.2) is 0 Å². The molecule has 1 aromatic carbocycles. The summed E-state index contributed by atoms with van der Waals surface area (Å²) in [5, 5.41) is 3.88. The van der Waals surface area contributed by atoms with Crippen LogP contribution in [-0.4, -0.2) is 6.04 Å². The summed E-state index contributed by atoms with van der Waals surface area (Å²) < 4.78 is 0. The van der Waals surface area contributed by atoms with Crippen molar-refractivity contribution in [3.8, 4) is 0 Å². The van der Waals surface area contributed by atoms with Gasteiger partial charge in [-0.05, 0) is 43.6 Å². The van der Waals surface area contributed by atoms with Gasteiger partial charge in [0.1, 0.15) is 0 Å². The minimum atomic E-state index is 0.536. The van der Waals surface area contributed by atoms with Crippen molar-refractivity contribution < 1.29 is 0 Å². The van der Waals surface area contributed by atoms with Crippen molar-refractivity contribution in [1.29, 1.82) is 0 Å². The molecule has 0 aliphatic heterocycles. The molecule has 1 atom stereocenters. The largest absolute Gasteiger partial charge is 0.307 e. The lowest BCUT2D eigenvalue weighted by Gasteiger charge is -2.32. The summed E-state index contributed by atoms with van der Waals surface area (Å²) in [6.07, 6.45) is 9.56. The molecule has 106 valence electrons. The van der Waals surface area contributed by atoms with Crippen molar-refractivity contribution >= 4 is 0 Å². The zero-order valence-electron chi connectivity index (χ0n) is 12.6. The lowest BCUT2D eigenvalue weighted by molar-refractivity contribution is 0.261. The SMILES string of the molecule is CCCC1CCC(NC(CC)c2ccccc2)CC1. The van der Waals surface area contributed by atoms with Crippen LogP contribution in [0.15, 0.2) is 30.3 Å². The third-order valence-electron chi connectivity index (χ3n) is 4.59. The molecule has 1 N–H and O–H groups in total. The number of hydrogen-bond donors (Lipinski definition) is 1. The van der Waals surface area contributed by atoms with Crippen molar-refractivity contribution in [3.63, 3.8) is 0 Å². The van der Waals surface area contributed by atoms with Crippen LogP contribution in [0.25, 0.3) is 0 Å². The summed E-state index contributed by atoms with van der Waals surface area (Å²) in [6, 6.07) is 12.2. The Morgan fingerprint density at radius 3 is 2.32 bits per heavy atom. The Morgan fingerprint density at radius 1 is 1.05 bits per heavy atom. The highest BCUT2D eigenvalue weighted by Crippen LogP contribution is 2.29. The maximum Gasteiger partial charge on any atom is 0.0320 e.